The monoisotopic (exact) mass is 479 g/mol. The maximum atomic E-state index is 12.1. The first kappa shape index (κ1) is 23.3. The minimum absolute atomic E-state index is 0.0748. The van der Waals surface area contributed by atoms with Crippen molar-refractivity contribution in [3.05, 3.63) is 72.6 Å². The van der Waals surface area contributed by atoms with Gasteiger partial charge in [0.05, 0.1) is 36.9 Å². The molecule has 1 saturated carbocycles. The molecule has 7 heteroatoms. The summed E-state index contributed by atoms with van der Waals surface area (Å²) < 4.78 is 33.5. The van der Waals surface area contributed by atoms with E-state index < -0.39 is 10.0 Å². The summed E-state index contributed by atoms with van der Waals surface area (Å²) in [7, 11) is -3.32. The second-order valence-electron chi connectivity index (χ2n) is 9.64. The van der Waals surface area contributed by atoms with E-state index in [0.29, 0.717) is 12.5 Å². The van der Waals surface area contributed by atoms with Gasteiger partial charge in [-0.15, -0.1) is 0 Å². The van der Waals surface area contributed by atoms with E-state index in [1.165, 1.54) is 11.8 Å². The lowest BCUT2D eigenvalue weighted by atomic mass is 9.83. The molecule has 6 nitrogen and oxygen atoms in total. The second kappa shape index (κ2) is 10.0. The van der Waals surface area contributed by atoms with Crippen LogP contribution in [0.5, 0.6) is 0 Å². The van der Waals surface area contributed by atoms with Crippen molar-refractivity contribution in [3.8, 4) is 0 Å². The molecule has 1 unspecified atom stereocenters. The predicted octanol–water partition coefficient (Wildman–Crippen LogP) is 4.47. The number of nitrogens with zero attached hydrogens (tertiary/aromatic N) is 2. The zero-order valence-corrected chi connectivity index (χ0v) is 20.5. The van der Waals surface area contributed by atoms with E-state index in [-0.39, 0.29) is 18.2 Å². The second-order valence-corrected chi connectivity index (χ2v) is 11.4. The van der Waals surface area contributed by atoms with Crippen LogP contribution in [0.4, 0.5) is 5.69 Å². The number of hydrogen-bond donors (Lipinski definition) is 1. The van der Waals surface area contributed by atoms with E-state index in [1.54, 1.807) is 0 Å². The average molecular weight is 480 g/mol. The lowest BCUT2D eigenvalue weighted by Gasteiger charge is -2.34. The fraction of sp³-hybridized carbons (Fsp3) is 0.444. The Bertz CT molecular complexity index is 1200. The number of benzene rings is 2. The Balaban J connectivity index is 1.30. The minimum atomic E-state index is -3.32. The molecule has 0 amide bonds. The third-order valence-corrected chi connectivity index (χ3v) is 8.05. The van der Waals surface area contributed by atoms with E-state index in [2.05, 4.69) is 57.1 Å². The summed E-state index contributed by atoms with van der Waals surface area (Å²) >= 11 is 0. The lowest BCUT2D eigenvalue weighted by molar-refractivity contribution is 0.0157. The lowest BCUT2D eigenvalue weighted by Crippen LogP contribution is -2.48. The van der Waals surface area contributed by atoms with Crippen LogP contribution in [0.2, 0.25) is 0 Å². The van der Waals surface area contributed by atoms with Crippen molar-refractivity contribution in [2.45, 2.75) is 56.2 Å². The van der Waals surface area contributed by atoms with Gasteiger partial charge in [0.25, 0.3) is 0 Å². The molecule has 0 bridgehead atoms. The van der Waals surface area contributed by atoms with Gasteiger partial charge in [0.15, 0.2) is 0 Å². The summed E-state index contributed by atoms with van der Waals surface area (Å²) in [5.74, 6) is 0.602. The molecule has 2 aliphatic rings. The Hall–Kier alpha value is -2.48. The van der Waals surface area contributed by atoms with E-state index in [9.17, 15) is 8.42 Å². The van der Waals surface area contributed by atoms with Crippen molar-refractivity contribution in [2.24, 2.45) is 0 Å². The number of rotatable bonds is 7. The first-order valence-electron chi connectivity index (χ1n) is 12.2. The van der Waals surface area contributed by atoms with Crippen LogP contribution in [0.25, 0.3) is 10.8 Å². The average Bonchev–Trinajstić information content (AvgIpc) is 3.23. The highest BCUT2D eigenvalue weighted by atomic mass is 32.2. The van der Waals surface area contributed by atoms with Gasteiger partial charge in [0.1, 0.15) is 0 Å². The van der Waals surface area contributed by atoms with Crippen LogP contribution in [-0.2, 0) is 14.8 Å². The number of fused-ring (bicyclic) bond motifs is 1. The number of ether oxygens (including phenoxy) is 1. The number of nitrogens with one attached hydrogen (secondary N) is 1. The van der Waals surface area contributed by atoms with Crippen molar-refractivity contribution >= 4 is 26.5 Å². The Morgan fingerprint density at radius 1 is 0.971 bits per heavy atom. The van der Waals surface area contributed by atoms with Crippen LogP contribution in [0.1, 0.15) is 43.6 Å². The fourth-order valence-corrected chi connectivity index (χ4v) is 6.45. The Morgan fingerprint density at radius 3 is 2.47 bits per heavy atom. The van der Waals surface area contributed by atoms with Gasteiger partial charge in [-0.25, -0.2) is 13.1 Å². The number of hydrogen-bond acceptors (Lipinski definition) is 5. The molecule has 1 aliphatic carbocycles. The summed E-state index contributed by atoms with van der Waals surface area (Å²) in [6, 6.07) is 18.7. The highest BCUT2D eigenvalue weighted by Gasteiger charge is 2.37. The maximum absolute atomic E-state index is 12.1. The van der Waals surface area contributed by atoms with Crippen LogP contribution in [-0.4, -0.2) is 51.0 Å². The van der Waals surface area contributed by atoms with Crippen LogP contribution in [0.3, 0.4) is 0 Å². The first-order chi connectivity index (χ1) is 16.5. The van der Waals surface area contributed by atoms with Gasteiger partial charge >= 0.3 is 0 Å². The molecule has 1 saturated heterocycles. The molecule has 1 N–H and O–H groups in total. The van der Waals surface area contributed by atoms with E-state index in [0.717, 1.165) is 55.1 Å². The summed E-state index contributed by atoms with van der Waals surface area (Å²) in [5, 5.41) is 2.21. The number of sulfonamides is 1. The molecule has 0 radical (unpaired) electrons. The molecule has 34 heavy (non-hydrogen) atoms. The maximum Gasteiger partial charge on any atom is 0.209 e. The van der Waals surface area contributed by atoms with Gasteiger partial charge in [-0.05, 0) is 43.6 Å². The Kier molecular flexibility index (Phi) is 6.86. The van der Waals surface area contributed by atoms with Crippen molar-refractivity contribution < 1.29 is 13.2 Å². The van der Waals surface area contributed by atoms with Crippen LogP contribution >= 0.6 is 0 Å². The predicted molar refractivity (Wildman–Crippen MR) is 137 cm³/mol. The molecular weight excluding hydrogens is 446 g/mol. The van der Waals surface area contributed by atoms with Gasteiger partial charge in [-0.3, -0.25) is 4.98 Å². The number of anilines is 1. The molecule has 2 atom stereocenters. The summed E-state index contributed by atoms with van der Waals surface area (Å²) in [6.45, 7) is 1.26. The molecule has 3 aromatic rings. The molecule has 1 aliphatic heterocycles. The number of aromatic nitrogens is 1. The van der Waals surface area contributed by atoms with E-state index in [4.69, 9.17) is 4.74 Å². The standard InChI is InChI=1S/C27H33N3O3S/c1-34(31,32)29-25-15-16-30(26-18-28-17-22-9-5-6-10-24(22)26)27(25)19-33-23-13-11-21(12-14-23)20-7-3-2-4-8-20/h2-10,17-18,21,23,25,27,29H,11-16,19H2,1H3/t21?,23?,25-,27?/m0/s1. The zero-order chi connectivity index (χ0) is 23.5. The molecule has 5 rings (SSSR count). The first-order valence-corrected chi connectivity index (χ1v) is 14.1. The number of pyridine rings is 1. The van der Waals surface area contributed by atoms with Crippen LogP contribution in [0.15, 0.2) is 67.0 Å². The van der Waals surface area contributed by atoms with Gasteiger partial charge < -0.3 is 9.64 Å². The van der Waals surface area contributed by atoms with Gasteiger partial charge in [0, 0.05) is 29.6 Å². The van der Waals surface area contributed by atoms with Crippen molar-refractivity contribution in [1.82, 2.24) is 9.71 Å². The van der Waals surface area contributed by atoms with Gasteiger partial charge in [0.2, 0.25) is 10.0 Å². The molecule has 2 fully saturated rings. The molecule has 1 aromatic heterocycles. The van der Waals surface area contributed by atoms with Gasteiger partial charge in [-0.1, -0.05) is 54.6 Å². The Morgan fingerprint density at radius 2 is 1.71 bits per heavy atom. The molecule has 2 aromatic carbocycles. The Labute approximate surface area is 202 Å². The topological polar surface area (TPSA) is 71.5 Å². The highest BCUT2D eigenvalue weighted by Crippen LogP contribution is 2.35. The van der Waals surface area contributed by atoms with Crippen molar-refractivity contribution in [3.63, 3.8) is 0 Å². The van der Waals surface area contributed by atoms with Crippen molar-refractivity contribution in [2.75, 3.05) is 24.3 Å². The van der Waals surface area contributed by atoms with Crippen molar-refractivity contribution in [1.29, 1.82) is 0 Å². The summed E-state index contributed by atoms with van der Waals surface area (Å²) in [6.07, 6.45) is 10.3. The fourth-order valence-electron chi connectivity index (χ4n) is 5.62. The molecule has 2 heterocycles. The largest absolute Gasteiger partial charge is 0.376 e. The zero-order valence-electron chi connectivity index (χ0n) is 19.6. The third kappa shape index (κ3) is 5.27. The van der Waals surface area contributed by atoms with E-state index >= 15 is 0 Å². The SMILES string of the molecule is CS(=O)(=O)N[C@H]1CCN(c2cncc3ccccc23)C1COC1CCC(c2ccccc2)CC1. The minimum Gasteiger partial charge on any atom is -0.376 e. The quantitative estimate of drug-likeness (QED) is 0.541. The summed E-state index contributed by atoms with van der Waals surface area (Å²) in [5.41, 5.74) is 2.46. The molecule has 0 spiro atoms. The van der Waals surface area contributed by atoms with Gasteiger partial charge in [-0.2, -0.15) is 0 Å². The van der Waals surface area contributed by atoms with E-state index in [1.807, 2.05) is 24.5 Å². The highest BCUT2D eigenvalue weighted by molar-refractivity contribution is 7.88. The smallest absolute Gasteiger partial charge is 0.209 e. The summed E-state index contributed by atoms with van der Waals surface area (Å²) in [4.78, 5) is 6.74. The van der Waals surface area contributed by atoms with Crippen LogP contribution in [0, 0.1) is 0 Å². The van der Waals surface area contributed by atoms with Crippen LogP contribution < -0.4 is 9.62 Å². The normalized spacial score (nSPS) is 25.6. The molecular formula is C27H33N3O3S. The third-order valence-electron chi connectivity index (χ3n) is 7.32. The molecule has 180 valence electrons.